The normalized spacial score (nSPS) is 14.2. The van der Waals surface area contributed by atoms with Gasteiger partial charge in [0, 0.05) is 38.3 Å². The largest absolute Gasteiger partial charge is 0.379 e. The minimum absolute atomic E-state index is 0.0303. The Kier molecular flexibility index (Phi) is 6.65. The van der Waals surface area contributed by atoms with Crippen molar-refractivity contribution in [3.63, 3.8) is 0 Å². The molecule has 0 spiro atoms. The van der Waals surface area contributed by atoms with Crippen LogP contribution in [-0.4, -0.2) is 64.1 Å². The monoisotopic (exact) mass is 404 g/mol. The quantitative estimate of drug-likeness (QED) is 0.410. The zero-order chi connectivity index (χ0) is 20.6. The van der Waals surface area contributed by atoms with Crippen LogP contribution in [0.5, 0.6) is 0 Å². The summed E-state index contributed by atoms with van der Waals surface area (Å²) in [7, 11) is 0. The van der Waals surface area contributed by atoms with Gasteiger partial charge in [-0.3, -0.25) is 36.0 Å². The zero-order valence-corrected chi connectivity index (χ0v) is 15.4. The third-order valence-electron chi connectivity index (χ3n) is 4.23. The number of benzene rings is 1. The molecule has 1 aliphatic rings. The Morgan fingerprint density at radius 2 is 1.69 bits per heavy atom. The van der Waals surface area contributed by atoms with E-state index in [0.29, 0.717) is 32.0 Å². The van der Waals surface area contributed by atoms with Crippen LogP contribution in [0.15, 0.2) is 30.6 Å². The molecule has 1 aromatic carbocycles. The predicted molar refractivity (Wildman–Crippen MR) is 105 cm³/mol. The van der Waals surface area contributed by atoms with Crippen LogP contribution in [0.2, 0.25) is 0 Å². The van der Waals surface area contributed by atoms with Gasteiger partial charge in [0.15, 0.2) is 0 Å². The van der Waals surface area contributed by atoms with E-state index in [1.54, 1.807) is 0 Å². The smallest absolute Gasteiger partial charge is 0.354 e. The number of nitrogens with zero attached hydrogens (tertiary/aromatic N) is 5. The number of hydrazine groups is 1. The van der Waals surface area contributed by atoms with Gasteiger partial charge in [-0.2, -0.15) is 0 Å². The van der Waals surface area contributed by atoms with Crippen LogP contribution in [0, 0.1) is 20.2 Å². The van der Waals surface area contributed by atoms with Gasteiger partial charge >= 0.3 is 5.69 Å². The molecular formula is C16H20N8O5. The van der Waals surface area contributed by atoms with Crippen molar-refractivity contribution in [3.05, 3.63) is 50.8 Å². The lowest BCUT2D eigenvalue weighted by Gasteiger charge is -2.26. The summed E-state index contributed by atoms with van der Waals surface area (Å²) in [6.45, 7) is 4.17. The number of nitro benzene ring substituents is 1. The van der Waals surface area contributed by atoms with Crippen LogP contribution in [0.3, 0.4) is 0 Å². The van der Waals surface area contributed by atoms with Crippen LogP contribution in [0.25, 0.3) is 0 Å². The number of aromatic nitrogens is 2. The first-order valence-corrected chi connectivity index (χ1v) is 8.84. The number of morpholine rings is 1. The van der Waals surface area contributed by atoms with E-state index in [4.69, 9.17) is 4.74 Å². The van der Waals surface area contributed by atoms with E-state index in [9.17, 15) is 20.2 Å². The van der Waals surface area contributed by atoms with Crippen molar-refractivity contribution in [3.8, 4) is 0 Å². The molecule has 0 amide bonds. The molecule has 0 atom stereocenters. The molecule has 0 unspecified atom stereocenters. The second-order valence-corrected chi connectivity index (χ2v) is 6.11. The summed E-state index contributed by atoms with van der Waals surface area (Å²) in [4.78, 5) is 31.3. The van der Waals surface area contributed by atoms with Crippen molar-refractivity contribution >= 4 is 28.7 Å². The maximum absolute atomic E-state index is 11.6. The molecule has 3 rings (SSSR count). The minimum atomic E-state index is -0.573. The summed E-state index contributed by atoms with van der Waals surface area (Å²) in [5, 5.41) is 25.2. The molecule has 0 saturated carbocycles. The highest BCUT2D eigenvalue weighted by molar-refractivity contribution is 5.70. The van der Waals surface area contributed by atoms with Crippen molar-refractivity contribution in [2.75, 3.05) is 55.6 Å². The molecule has 1 aromatic heterocycles. The van der Waals surface area contributed by atoms with Gasteiger partial charge in [0.05, 0.1) is 28.7 Å². The molecule has 0 aliphatic carbocycles. The molecule has 0 radical (unpaired) electrons. The summed E-state index contributed by atoms with van der Waals surface area (Å²) in [6, 6.07) is 5.58. The fraction of sp³-hybridized carbons (Fsp3) is 0.375. The van der Waals surface area contributed by atoms with Crippen molar-refractivity contribution in [1.29, 1.82) is 0 Å². The van der Waals surface area contributed by atoms with Crippen LogP contribution in [-0.2, 0) is 4.74 Å². The number of rotatable bonds is 9. The first-order chi connectivity index (χ1) is 14.0. The maximum atomic E-state index is 11.6. The van der Waals surface area contributed by atoms with Crippen LogP contribution < -0.4 is 16.2 Å². The Balaban J connectivity index is 1.64. The SMILES string of the molecule is O=[N+]([O-])c1ccc(NNc2ncnc(NCCN3CCOCC3)c2[N+](=O)[O-])cc1. The molecule has 29 heavy (non-hydrogen) atoms. The summed E-state index contributed by atoms with van der Waals surface area (Å²) in [5.74, 6) is 0.0727. The van der Waals surface area contributed by atoms with Gasteiger partial charge in [0.2, 0.25) is 11.6 Å². The van der Waals surface area contributed by atoms with Crippen molar-refractivity contribution < 1.29 is 14.6 Å². The Labute approximate surface area is 165 Å². The molecule has 3 N–H and O–H groups in total. The van der Waals surface area contributed by atoms with Gasteiger partial charge < -0.3 is 10.1 Å². The third-order valence-corrected chi connectivity index (χ3v) is 4.23. The van der Waals surface area contributed by atoms with Crippen molar-refractivity contribution in [1.82, 2.24) is 14.9 Å². The van der Waals surface area contributed by atoms with Gasteiger partial charge in [-0.25, -0.2) is 9.97 Å². The van der Waals surface area contributed by atoms with E-state index in [2.05, 4.69) is 31.0 Å². The molecule has 13 nitrogen and oxygen atoms in total. The number of ether oxygens (including phenoxy) is 1. The van der Waals surface area contributed by atoms with Gasteiger partial charge in [0.1, 0.15) is 6.33 Å². The van der Waals surface area contributed by atoms with Gasteiger partial charge in [-0.05, 0) is 12.1 Å². The fourth-order valence-electron chi connectivity index (χ4n) is 2.73. The highest BCUT2D eigenvalue weighted by Crippen LogP contribution is 2.28. The molecule has 154 valence electrons. The number of anilines is 3. The Hall–Kier alpha value is -3.58. The van der Waals surface area contributed by atoms with E-state index < -0.39 is 9.85 Å². The van der Waals surface area contributed by atoms with E-state index >= 15 is 0 Å². The fourth-order valence-corrected chi connectivity index (χ4v) is 2.73. The standard InChI is InChI=1S/C16H20N8O5/c25-23(26)13-3-1-12(2-4-13)20-21-16-14(24(27)28)15(18-11-19-16)17-5-6-22-7-9-29-10-8-22/h1-4,11,20H,5-10H2,(H2,17,18,19,21). The topological polar surface area (TPSA) is 161 Å². The molecule has 2 heterocycles. The van der Waals surface area contributed by atoms with Crippen LogP contribution in [0.4, 0.5) is 28.7 Å². The van der Waals surface area contributed by atoms with E-state index in [1.165, 1.54) is 30.6 Å². The molecule has 0 bridgehead atoms. The van der Waals surface area contributed by atoms with Gasteiger partial charge in [0.25, 0.3) is 5.69 Å². The average Bonchev–Trinajstić information content (AvgIpc) is 2.73. The van der Waals surface area contributed by atoms with Crippen LogP contribution in [0.1, 0.15) is 0 Å². The summed E-state index contributed by atoms with van der Waals surface area (Å²) >= 11 is 0. The number of nitrogens with one attached hydrogen (secondary N) is 3. The van der Waals surface area contributed by atoms with Gasteiger partial charge in [-0.1, -0.05) is 0 Å². The number of non-ortho nitro benzene ring substituents is 1. The molecule has 1 fully saturated rings. The Morgan fingerprint density at radius 1 is 1.00 bits per heavy atom. The highest BCUT2D eigenvalue weighted by Gasteiger charge is 2.23. The second-order valence-electron chi connectivity index (χ2n) is 6.11. The lowest BCUT2D eigenvalue weighted by atomic mass is 10.3. The first-order valence-electron chi connectivity index (χ1n) is 8.84. The second kappa shape index (κ2) is 9.57. The summed E-state index contributed by atoms with van der Waals surface area (Å²) in [6.07, 6.45) is 1.21. The van der Waals surface area contributed by atoms with E-state index in [0.717, 1.165) is 13.1 Å². The van der Waals surface area contributed by atoms with Gasteiger partial charge in [-0.15, -0.1) is 0 Å². The lowest BCUT2D eigenvalue weighted by Crippen LogP contribution is -2.39. The molecular weight excluding hydrogens is 384 g/mol. The van der Waals surface area contributed by atoms with Crippen LogP contribution >= 0.6 is 0 Å². The molecule has 1 saturated heterocycles. The average molecular weight is 404 g/mol. The predicted octanol–water partition coefficient (Wildman–Crippen LogP) is 1.48. The van der Waals surface area contributed by atoms with Crippen molar-refractivity contribution in [2.24, 2.45) is 0 Å². The van der Waals surface area contributed by atoms with Crippen molar-refractivity contribution in [2.45, 2.75) is 0 Å². The van der Waals surface area contributed by atoms with E-state index in [1.807, 2.05) is 0 Å². The molecule has 13 heteroatoms. The summed E-state index contributed by atoms with van der Waals surface area (Å²) in [5.41, 5.74) is 5.52. The Morgan fingerprint density at radius 3 is 2.34 bits per heavy atom. The lowest BCUT2D eigenvalue weighted by molar-refractivity contribution is -0.384. The zero-order valence-electron chi connectivity index (χ0n) is 15.4. The maximum Gasteiger partial charge on any atom is 0.354 e. The number of nitro groups is 2. The first kappa shape index (κ1) is 20.2. The third kappa shape index (κ3) is 5.46. The minimum Gasteiger partial charge on any atom is -0.379 e. The van der Waals surface area contributed by atoms with E-state index in [-0.39, 0.29) is 23.0 Å². The Bertz CT molecular complexity index is 857. The molecule has 1 aliphatic heterocycles. The molecule has 2 aromatic rings. The summed E-state index contributed by atoms with van der Waals surface area (Å²) < 4.78 is 5.29. The number of hydrogen-bond donors (Lipinski definition) is 3. The highest BCUT2D eigenvalue weighted by atomic mass is 16.6. The number of hydrogen-bond acceptors (Lipinski definition) is 11.